The Morgan fingerprint density at radius 1 is 1.50 bits per heavy atom. The maximum absolute atomic E-state index is 11.2. The lowest BCUT2D eigenvalue weighted by Gasteiger charge is -2.26. The molecule has 70 valence electrons. The van der Waals surface area contributed by atoms with E-state index in [4.69, 9.17) is 0 Å². The minimum absolute atomic E-state index is 0.268. The first-order chi connectivity index (χ1) is 5.65. The molecule has 0 spiro atoms. The number of hydrogen-bond donors (Lipinski definition) is 0. The molecule has 1 fully saturated rings. The van der Waals surface area contributed by atoms with Crippen LogP contribution in [0.1, 0.15) is 32.6 Å². The largest absolute Gasteiger partial charge is 0.212 e. The first-order valence-corrected chi connectivity index (χ1v) is 5.93. The summed E-state index contributed by atoms with van der Waals surface area (Å²) >= 11 is 2.42. The number of alkyl halides is 1. The van der Waals surface area contributed by atoms with Crippen molar-refractivity contribution in [1.29, 1.82) is 0 Å². The molecule has 3 atom stereocenters. The van der Waals surface area contributed by atoms with E-state index in [2.05, 4.69) is 29.5 Å². The van der Waals surface area contributed by atoms with Crippen molar-refractivity contribution in [3.05, 3.63) is 4.91 Å². The number of hydrogen-bond acceptors (Lipinski definition) is 1. The molecule has 0 N–H and O–H groups in total. The topological polar surface area (TPSA) is 20.1 Å². The van der Waals surface area contributed by atoms with Crippen molar-refractivity contribution in [3.63, 3.8) is 0 Å². The van der Waals surface area contributed by atoms with Gasteiger partial charge >= 0.3 is 0 Å². The van der Waals surface area contributed by atoms with Crippen LogP contribution in [0.3, 0.4) is 0 Å². The molecule has 0 saturated heterocycles. The average Bonchev–Trinajstić information content (AvgIpc) is 2.05. The molecule has 1 saturated carbocycles. The summed E-state index contributed by atoms with van der Waals surface area (Å²) in [7, 11) is 1.66. The monoisotopic (exact) mass is 282 g/mol. The lowest BCUT2D eigenvalue weighted by Crippen LogP contribution is -2.36. The van der Waals surface area contributed by atoms with Crippen LogP contribution in [0.5, 0.6) is 0 Å². The second-order valence-electron chi connectivity index (χ2n) is 3.72. The van der Waals surface area contributed by atoms with E-state index in [1.54, 1.807) is 7.05 Å². The lowest BCUT2D eigenvalue weighted by molar-refractivity contribution is -0.561. The van der Waals surface area contributed by atoms with E-state index in [9.17, 15) is 4.91 Å². The standard InChI is InChI=1S/C9H17INO/c1-3-7-4-5-8(10)9(6-7)11(2)12/h7-9H,3-6H2,1-2H3/q+1/t7-,8?,9?/m1/s1. The van der Waals surface area contributed by atoms with Crippen molar-refractivity contribution >= 4 is 22.6 Å². The second-order valence-corrected chi connectivity index (χ2v) is 5.32. The molecule has 0 radical (unpaired) electrons. The van der Waals surface area contributed by atoms with Gasteiger partial charge in [0.2, 0.25) is 6.04 Å². The molecule has 2 unspecified atom stereocenters. The Bertz CT molecular complexity index is 172. The molecule has 0 aromatic rings. The summed E-state index contributed by atoms with van der Waals surface area (Å²) in [6.07, 6.45) is 4.86. The highest BCUT2D eigenvalue weighted by Gasteiger charge is 2.36. The number of nitrogens with zero attached hydrogens (tertiary/aromatic N) is 1. The second kappa shape index (κ2) is 4.53. The fraction of sp³-hybridized carbons (Fsp3) is 1.00. The maximum Gasteiger partial charge on any atom is 0.212 e. The van der Waals surface area contributed by atoms with Crippen LogP contribution in [0.15, 0.2) is 0 Å². The summed E-state index contributed by atoms with van der Waals surface area (Å²) in [5.41, 5.74) is 0. The van der Waals surface area contributed by atoms with Gasteiger partial charge in [0, 0.05) is 11.3 Å². The van der Waals surface area contributed by atoms with E-state index in [1.807, 2.05) is 0 Å². The Morgan fingerprint density at radius 3 is 2.67 bits per heavy atom. The molecular formula is C9H17INO+. The molecule has 12 heavy (non-hydrogen) atoms. The summed E-state index contributed by atoms with van der Waals surface area (Å²) < 4.78 is 1.71. The van der Waals surface area contributed by atoms with Crippen molar-refractivity contribution in [3.8, 4) is 0 Å². The maximum atomic E-state index is 11.2. The summed E-state index contributed by atoms with van der Waals surface area (Å²) in [4.78, 5) is 11.2. The molecule has 0 aliphatic heterocycles. The number of nitroso groups, excluding NO2 is 1. The fourth-order valence-corrected chi connectivity index (χ4v) is 3.05. The summed E-state index contributed by atoms with van der Waals surface area (Å²) in [5.74, 6) is 0.789. The van der Waals surface area contributed by atoms with Crippen LogP contribution in [-0.4, -0.2) is 21.8 Å². The van der Waals surface area contributed by atoms with Crippen LogP contribution in [0, 0.1) is 10.8 Å². The van der Waals surface area contributed by atoms with Gasteiger partial charge < -0.3 is 0 Å². The average molecular weight is 282 g/mol. The minimum Gasteiger partial charge on any atom is -0.0752 e. The predicted octanol–water partition coefficient (Wildman–Crippen LogP) is 2.78. The predicted molar refractivity (Wildman–Crippen MR) is 58.8 cm³/mol. The highest BCUT2D eigenvalue weighted by molar-refractivity contribution is 14.1. The molecule has 0 aromatic carbocycles. The van der Waals surface area contributed by atoms with Gasteiger partial charge in [0.05, 0.1) is 3.92 Å². The molecule has 1 rings (SSSR count). The molecule has 0 heterocycles. The van der Waals surface area contributed by atoms with Gasteiger partial charge in [0.25, 0.3) is 0 Å². The van der Waals surface area contributed by atoms with E-state index >= 15 is 0 Å². The van der Waals surface area contributed by atoms with Gasteiger partial charge in [-0.25, -0.2) is 0 Å². The van der Waals surface area contributed by atoms with Crippen LogP contribution in [0.2, 0.25) is 0 Å². The first kappa shape index (κ1) is 10.4. The van der Waals surface area contributed by atoms with Gasteiger partial charge in [0.15, 0.2) is 7.05 Å². The van der Waals surface area contributed by atoms with Crippen molar-refractivity contribution in [2.45, 2.75) is 42.6 Å². The van der Waals surface area contributed by atoms with E-state index < -0.39 is 0 Å². The Balaban J connectivity index is 2.53. The van der Waals surface area contributed by atoms with Gasteiger partial charge in [-0.15, -0.1) is 0 Å². The zero-order valence-electron chi connectivity index (χ0n) is 7.79. The highest BCUT2D eigenvalue weighted by atomic mass is 127. The van der Waals surface area contributed by atoms with Crippen molar-refractivity contribution in [2.24, 2.45) is 5.92 Å². The SMILES string of the molecule is CC[C@@H]1CCC(I)C([N+](C)=O)C1. The van der Waals surface area contributed by atoms with Crippen LogP contribution in [0.25, 0.3) is 0 Å². The van der Waals surface area contributed by atoms with Crippen LogP contribution in [0.4, 0.5) is 0 Å². The molecule has 0 amide bonds. The zero-order chi connectivity index (χ0) is 9.14. The molecule has 1 aliphatic carbocycles. The molecular weight excluding hydrogens is 265 g/mol. The molecule has 2 nitrogen and oxygen atoms in total. The quantitative estimate of drug-likeness (QED) is 0.433. The molecule has 1 aliphatic rings. The smallest absolute Gasteiger partial charge is 0.0752 e. The lowest BCUT2D eigenvalue weighted by atomic mass is 9.84. The highest BCUT2D eigenvalue weighted by Crippen LogP contribution is 2.32. The third-order valence-electron chi connectivity index (χ3n) is 2.89. The first-order valence-electron chi connectivity index (χ1n) is 4.69. The van der Waals surface area contributed by atoms with Crippen LogP contribution >= 0.6 is 22.6 Å². The molecule has 0 aromatic heterocycles. The molecule has 0 bridgehead atoms. The Labute approximate surface area is 87.8 Å². The van der Waals surface area contributed by atoms with Crippen molar-refractivity contribution < 1.29 is 4.76 Å². The molecule has 3 heteroatoms. The Hall–Kier alpha value is 0.330. The van der Waals surface area contributed by atoms with E-state index in [1.165, 1.54) is 19.3 Å². The van der Waals surface area contributed by atoms with Gasteiger partial charge in [-0.1, -0.05) is 35.9 Å². The van der Waals surface area contributed by atoms with Crippen molar-refractivity contribution in [1.82, 2.24) is 0 Å². The van der Waals surface area contributed by atoms with Gasteiger partial charge in [0.1, 0.15) is 0 Å². The van der Waals surface area contributed by atoms with E-state index in [0.29, 0.717) is 3.92 Å². The third-order valence-corrected chi connectivity index (χ3v) is 4.34. The number of halogens is 1. The fourth-order valence-electron chi connectivity index (χ4n) is 1.94. The third kappa shape index (κ3) is 2.41. The zero-order valence-corrected chi connectivity index (χ0v) is 9.95. The normalized spacial score (nSPS) is 36.4. The number of rotatable bonds is 2. The van der Waals surface area contributed by atoms with E-state index in [-0.39, 0.29) is 6.04 Å². The summed E-state index contributed by atoms with van der Waals surface area (Å²) in [5, 5.41) is 0. The van der Waals surface area contributed by atoms with E-state index in [0.717, 1.165) is 17.1 Å². The summed E-state index contributed by atoms with van der Waals surface area (Å²) in [6, 6.07) is 0.268. The Morgan fingerprint density at radius 2 is 2.17 bits per heavy atom. The van der Waals surface area contributed by atoms with Gasteiger partial charge in [-0.05, 0) is 23.5 Å². The van der Waals surface area contributed by atoms with Gasteiger partial charge in [-0.2, -0.15) is 0 Å². The van der Waals surface area contributed by atoms with Crippen molar-refractivity contribution in [2.75, 3.05) is 7.05 Å². The van der Waals surface area contributed by atoms with Crippen LogP contribution < -0.4 is 0 Å². The minimum atomic E-state index is 0.268. The summed E-state index contributed by atoms with van der Waals surface area (Å²) in [6.45, 7) is 2.22. The van der Waals surface area contributed by atoms with Gasteiger partial charge in [-0.3, -0.25) is 0 Å². The Kier molecular flexibility index (Phi) is 3.93. The van der Waals surface area contributed by atoms with Crippen LogP contribution in [-0.2, 0) is 0 Å².